The Morgan fingerprint density at radius 2 is 1.96 bits per heavy atom. The number of aliphatic hydroxyl groups excluding tert-OH is 1. The van der Waals surface area contributed by atoms with Gasteiger partial charge in [-0.3, -0.25) is 0 Å². The van der Waals surface area contributed by atoms with Crippen molar-refractivity contribution < 1.29 is 14.6 Å². The van der Waals surface area contributed by atoms with Crippen LogP contribution in [0.3, 0.4) is 0 Å². The fourth-order valence-electron chi connectivity index (χ4n) is 4.66. The normalized spacial score (nSPS) is 31.4. The number of hydrogen-bond acceptors (Lipinski definition) is 4. The van der Waals surface area contributed by atoms with Crippen molar-refractivity contribution in [1.82, 2.24) is 5.32 Å². The third kappa shape index (κ3) is 2.79. The summed E-state index contributed by atoms with van der Waals surface area (Å²) in [7, 11) is 0. The van der Waals surface area contributed by atoms with Gasteiger partial charge < -0.3 is 15.2 Å². The minimum Gasteiger partial charge on any atom is -0.458 e. The summed E-state index contributed by atoms with van der Waals surface area (Å²) in [6.45, 7) is 0.928. The number of esters is 1. The van der Waals surface area contributed by atoms with Crippen molar-refractivity contribution in [2.24, 2.45) is 5.92 Å². The molecule has 3 aliphatic rings. The van der Waals surface area contributed by atoms with Gasteiger partial charge in [-0.25, -0.2) is 4.79 Å². The number of piperidine rings is 1. The van der Waals surface area contributed by atoms with Gasteiger partial charge >= 0.3 is 5.97 Å². The van der Waals surface area contributed by atoms with Gasteiger partial charge in [-0.15, -0.1) is 0 Å². The van der Waals surface area contributed by atoms with Crippen molar-refractivity contribution in [3.8, 4) is 0 Å². The van der Waals surface area contributed by atoms with Crippen LogP contribution in [-0.2, 0) is 9.53 Å². The minimum absolute atomic E-state index is 0.0595. The molecule has 1 aromatic carbocycles. The van der Waals surface area contributed by atoms with E-state index in [9.17, 15) is 9.90 Å². The van der Waals surface area contributed by atoms with Crippen molar-refractivity contribution in [1.29, 1.82) is 0 Å². The van der Waals surface area contributed by atoms with Gasteiger partial charge in [-0.2, -0.15) is 0 Å². The van der Waals surface area contributed by atoms with E-state index in [1.165, 1.54) is 12.8 Å². The van der Waals surface area contributed by atoms with Crippen LogP contribution >= 0.6 is 0 Å². The van der Waals surface area contributed by atoms with Gasteiger partial charge in [-0.05, 0) is 42.7 Å². The van der Waals surface area contributed by atoms with Crippen molar-refractivity contribution in [3.05, 3.63) is 35.4 Å². The van der Waals surface area contributed by atoms with Crippen molar-refractivity contribution in [2.45, 2.75) is 62.7 Å². The average Bonchev–Trinajstić information content (AvgIpc) is 3.32. The van der Waals surface area contributed by atoms with Crippen LogP contribution in [0.25, 0.3) is 0 Å². The molecular weight excluding hydrogens is 290 g/mol. The smallest absolute Gasteiger partial charge is 0.340 e. The molecule has 2 aliphatic carbocycles. The second-order valence-electron chi connectivity index (χ2n) is 7.27. The third-order valence-electron chi connectivity index (χ3n) is 5.91. The highest BCUT2D eigenvalue weighted by Crippen LogP contribution is 2.38. The molecule has 1 heterocycles. The molecule has 1 saturated heterocycles. The van der Waals surface area contributed by atoms with Crippen molar-refractivity contribution >= 4 is 5.97 Å². The van der Waals surface area contributed by atoms with Gasteiger partial charge in [0, 0.05) is 18.5 Å². The molecule has 4 rings (SSSR count). The Balaban J connectivity index is 1.50. The molecule has 0 aromatic heterocycles. The first-order chi connectivity index (χ1) is 11.2. The maximum atomic E-state index is 12.5. The second-order valence-corrected chi connectivity index (χ2v) is 7.27. The van der Waals surface area contributed by atoms with E-state index >= 15 is 0 Å². The monoisotopic (exact) mass is 315 g/mol. The molecule has 23 heavy (non-hydrogen) atoms. The summed E-state index contributed by atoms with van der Waals surface area (Å²) in [4.78, 5) is 12.5. The Bertz CT molecular complexity index is 562. The van der Waals surface area contributed by atoms with Crippen LogP contribution in [0.1, 0.15) is 61.7 Å². The number of ether oxygens (including phenoxy) is 1. The quantitative estimate of drug-likeness (QED) is 0.839. The molecule has 2 saturated carbocycles. The first-order valence-corrected chi connectivity index (χ1v) is 8.95. The Morgan fingerprint density at radius 3 is 2.61 bits per heavy atom. The lowest BCUT2D eigenvalue weighted by Crippen LogP contribution is -2.32. The number of aliphatic hydroxyl groups is 1. The van der Waals surface area contributed by atoms with Crippen LogP contribution < -0.4 is 5.32 Å². The average molecular weight is 315 g/mol. The topological polar surface area (TPSA) is 58.6 Å². The van der Waals surface area contributed by atoms with Crippen LogP contribution in [0.2, 0.25) is 0 Å². The van der Waals surface area contributed by atoms with Crippen LogP contribution in [0.5, 0.6) is 0 Å². The number of rotatable bonds is 4. The van der Waals surface area contributed by atoms with Crippen LogP contribution in [0.4, 0.5) is 0 Å². The van der Waals surface area contributed by atoms with Crippen molar-refractivity contribution in [2.75, 3.05) is 6.54 Å². The van der Waals surface area contributed by atoms with E-state index in [0.717, 1.165) is 43.4 Å². The first-order valence-electron chi connectivity index (χ1n) is 8.95. The van der Waals surface area contributed by atoms with E-state index in [0.29, 0.717) is 11.8 Å². The maximum absolute atomic E-state index is 12.5. The van der Waals surface area contributed by atoms with E-state index < -0.39 is 12.1 Å². The molecule has 0 amide bonds. The van der Waals surface area contributed by atoms with E-state index in [1.54, 1.807) is 0 Å². The predicted molar refractivity (Wildman–Crippen MR) is 87.0 cm³/mol. The fourth-order valence-corrected chi connectivity index (χ4v) is 4.66. The zero-order chi connectivity index (χ0) is 15.8. The molecule has 1 aromatic rings. The summed E-state index contributed by atoms with van der Waals surface area (Å²) < 4.78 is 5.68. The number of carbonyl (C=O) groups excluding carboxylic acids is 1. The van der Waals surface area contributed by atoms with E-state index in [2.05, 4.69) is 11.4 Å². The summed E-state index contributed by atoms with van der Waals surface area (Å²) in [5.41, 5.74) is 1.87. The number of fused-ring (bicyclic) bond motifs is 2. The van der Waals surface area contributed by atoms with Gasteiger partial charge in [0.25, 0.3) is 0 Å². The lowest BCUT2D eigenvalue weighted by molar-refractivity contribution is -0.160. The fraction of sp³-hybridized carbons (Fsp3) is 0.632. The molecule has 124 valence electrons. The molecule has 4 nitrogen and oxygen atoms in total. The van der Waals surface area contributed by atoms with E-state index in [-0.39, 0.29) is 12.1 Å². The number of hydrogen-bond donors (Lipinski definition) is 2. The SMILES string of the molecule is O=C(OC1C2CCC1NC2)C(O)c1ccccc1C1CCCC1. The van der Waals surface area contributed by atoms with E-state index in [1.807, 2.05) is 18.2 Å². The highest BCUT2D eigenvalue weighted by Gasteiger charge is 2.44. The lowest BCUT2D eigenvalue weighted by Gasteiger charge is -2.22. The number of nitrogens with one attached hydrogen (secondary N) is 1. The first kappa shape index (κ1) is 15.2. The molecule has 0 radical (unpaired) electrons. The highest BCUT2D eigenvalue weighted by molar-refractivity contribution is 5.77. The molecule has 1 aliphatic heterocycles. The van der Waals surface area contributed by atoms with E-state index in [4.69, 9.17) is 4.74 Å². The summed E-state index contributed by atoms with van der Waals surface area (Å²) in [6, 6.07) is 8.10. The van der Waals surface area contributed by atoms with Gasteiger partial charge in [-0.1, -0.05) is 37.1 Å². The largest absolute Gasteiger partial charge is 0.458 e. The summed E-state index contributed by atoms with van der Waals surface area (Å²) in [5, 5.41) is 14.0. The summed E-state index contributed by atoms with van der Waals surface area (Å²) in [6.07, 6.45) is 5.72. The third-order valence-corrected chi connectivity index (χ3v) is 5.91. The van der Waals surface area contributed by atoms with Gasteiger partial charge in [0.1, 0.15) is 6.10 Å². The highest BCUT2D eigenvalue weighted by atomic mass is 16.6. The molecular formula is C19H25NO3. The Hall–Kier alpha value is -1.39. The molecule has 3 fully saturated rings. The second kappa shape index (κ2) is 6.25. The van der Waals surface area contributed by atoms with Crippen LogP contribution in [0, 0.1) is 5.92 Å². The molecule has 2 N–H and O–H groups in total. The van der Waals surface area contributed by atoms with Gasteiger partial charge in [0.15, 0.2) is 6.10 Å². The molecule has 4 heteroatoms. The maximum Gasteiger partial charge on any atom is 0.340 e. The Morgan fingerprint density at radius 1 is 1.17 bits per heavy atom. The lowest BCUT2D eigenvalue weighted by atomic mass is 9.90. The minimum atomic E-state index is -1.16. The standard InChI is InChI=1S/C19H25NO3/c21-17(19(22)23-18-13-9-10-16(18)20-11-13)15-8-4-3-7-14(15)12-5-1-2-6-12/h3-4,7-8,12-13,16-18,20-21H,1-2,5-6,9-11H2. The summed E-state index contributed by atoms with van der Waals surface area (Å²) in [5.74, 6) is 0.403. The Labute approximate surface area is 137 Å². The van der Waals surface area contributed by atoms with Gasteiger partial charge in [0.2, 0.25) is 0 Å². The number of benzene rings is 1. The molecule has 0 spiro atoms. The molecule has 2 bridgehead atoms. The van der Waals surface area contributed by atoms with Crippen LogP contribution in [-0.4, -0.2) is 29.8 Å². The summed E-state index contributed by atoms with van der Waals surface area (Å²) >= 11 is 0. The molecule has 4 atom stereocenters. The zero-order valence-electron chi connectivity index (χ0n) is 13.4. The number of carbonyl (C=O) groups is 1. The van der Waals surface area contributed by atoms with Crippen LogP contribution in [0.15, 0.2) is 24.3 Å². The van der Waals surface area contributed by atoms with Crippen molar-refractivity contribution in [3.63, 3.8) is 0 Å². The van der Waals surface area contributed by atoms with Gasteiger partial charge in [0.05, 0.1) is 0 Å². The zero-order valence-corrected chi connectivity index (χ0v) is 13.4. The molecule has 4 unspecified atom stereocenters. The predicted octanol–water partition coefficient (Wildman–Crippen LogP) is 2.67. The Kier molecular flexibility index (Phi) is 4.12.